The minimum Gasteiger partial charge on any atom is -0.453 e. The molecule has 0 spiro atoms. The second-order valence-corrected chi connectivity index (χ2v) is 5.95. The van der Waals surface area contributed by atoms with Crippen LogP contribution in [0.15, 0.2) is 42.6 Å². The van der Waals surface area contributed by atoms with Crippen LogP contribution in [0.4, 0.5) is 29.3 Å². The minimum atomic E-state index is -0.881. The van der Waals surface area contributed by atoms with Gasteiger partial charge in [-0.1, -0.05) is 0 Å². The zero-order valence-electron chi connectivity index (χ0n) is 15.3. The number of carbonyl (C=O) groups is 2. The number of halogens is 3. The van der Waals surface area contributed by atoms with E-state index in [1.54, 1.807) is 0 Å². The molecule has 2 N–H and O–H groups in total. The number of nitrogens with one attached hydrogen (secondary N) is 2. The molecule has 3 aromatic rings. The molecule has 150 valence electrons. The standard InChI is InChI=1S/C19H15F3N4O3/c1-26-9-13(17(25-26)12-5-3-10(20)7-15(12)22)18(27)23-11-4-6-14(21)16(8-11)24-19(28)29-2/h3-9H,1-2H3,(H,23,27)(H,24,28). The van der Waals surface area contributed by atoms with Gasteiger partial charge in [-0.2, -0.15) is 5.10 Å². The predicted molar refractivity (Wildman–Crippen MR) is 98.9 cm³/mol. The number of anilines is 2. The Bertz CT molecular complexity index is 1100. The summed E-state index contributed by atoms with van der Waals surface area (Å²) in [7, 11) is 2.66. The molecule has 0 fully saturated rings. The van der Waals surface area contributed by atoms with Gasteiger partial charge in [-0.05, 0) is 30.3 Å². The summed E-state index contributed by atoms with van der Waals surface area (Å²) in [5.41, 5.74) is -0.0607. The number of hydrogen-bond donors (Lipinski definition) is 2. The topological polar surface area (TPSA) is 85.3 Å². The zero-order valence-corrected chi connectivity index (χ0v) is 15.3. The van der Waals surface area contributed by atoms with Crippen LogP contribution in [-0.2, 0) is 11.8 Å². The van der Waals surface area contributed by atoms with Crippen molar-refractivity contribution in [1.29, 1.82) is 0 Å². The number of nitrogens with zero attached hydrogens (tertiary/aromatic N) is 2. The first-order valence-corrected chi connectivity index (χ1v) is 8.23. The lowest BCUT2D eigenvalue weighted by Gasteiger charge is -2.09. The molecule has 0 saturated heterocycles. The molecule has 1 aromatic heterocycles. The van der Waals surface area contributed by atoms with E-state index in [2.05, 4.69) is 20.5 Å². The Morgan fingerprint density at radius 1 is 1.03 bits per heavy atom. The fourth-order valence-corrected chi connectivity index (χ4v) is 2.59. The molecule has 10 heteroatoms. The molecule has 0 atom stereocenters. The number of aryl methyl sites for hydroxylation is 1. The molecular weight excluding hydrogens is 389 g/mol. The van der Waals surface area contributed by atoms with Gasteiger partial charge in [0.05, 0.1) is 18.4 Å². The van der Waals surface area contributed by atoms with Crippen LogP contribution in [0.5, 0.6) is 0 Å². The molecule has 0 saturated carbocycles. The molecule has 0 bridgehead atoms. The molecule has 7 nitrogen and oxygen atoms in total. The zero-order chi connectivity index (χ0) is 21.1. The average Bonchev–Trinajstić information content (AvgIpc) is 3.06. The number of ether oxygens (including phenoxy) is 1. The van der Waals surface area contributed by atoms with Crippen molar-refractivity contribution in [3.05, 3.63) is 65.6 Å². The van der Waals surface area contributed by atoms with Crippen molar-refractivity contribution in [2.45, 2.75) is 0 Å². The Morgan fingerprint density at radius 3 is 2.48 bits per heavy atom. The maximum atomic E-state index is 14.2. The van der Waals surface area contributed by atoms with Gasteiger partial charge in [-0.15, -0.1) is 0 Å². The van der Waals surface area contributed by atoms with Gasteiger partial charge in [0.15, 0.2) is 0 Å². The van der Waals surface area contributed by atoms with Crippen LogP contribution in [0, 0.1) is 17.5 Å². The van der Waals surface area contributed by atoms with E-state index in [1.165, 1.54) is 36.1 Å². The Hall–Kier alpha value is -3.82. The summed E-state index contributed by atoms with van der Waals surface area (Å²) >= 11 is 0. The SMILES string of the molecule is COC(=O)Nc1cc(NC(=O)c2cn(C)nc2-c2ccc(F)cc2F)ccc1F. The highest BCUT2D eigenvalue weighted by atomic mass is 19.1. The van der Waals surface area contributed by atoms with Gasteiger partial charge in [-0.3, -0.25) is 14.8 Å². The lowest BCUT2D eigenvalue weighted by atomic mass is 10.1. The van der Waals surface area contributed by atoms with E-state index in [1.807, 2.05) is 0 Å². The van der Waals surface area contributed by atoms with Gasteiger partial charge in [0.2, 0.25) is 0 Å². The summed E-state index contributed by atoms with van der Waals surface area (Å²) < 4.78 is 46.9. The van der Waals surface area contributed by atoms with Crippen molar-refractivity contribution in [2.75, 3.05) is 17.7 Å². The first kappa shape index (κ1) is 19.9. The molecule has 0 aliphatic carbocycles. The van der Waals surface area contributed by atoms with Gasteiger partial charge < -0.3 is 10.1 Å². The summed E-state index contributed by atoms with van der Waals surface area (Å²) in [5, 5.41) is 8.78. The van der Waals surface area contributed by atoms with Crippen molar-refractivity contribution in [1.82, 2.24) is 9.78 Å². The number of methoxy groups -OCH3 is 1. The monoisotopic (exact) mass is 404 g/mol. The maximum absolute atomic E-state index is 14.2. The molecular formula is C19H15F3N4O3. The lowest BCUT2D eigenvalue weighted by Crippen LogP contribution is -2.15. The summed E-state index contributed by atoms with van der Waals surface area (Å²) in [6.07, 6.45) is 0.485. The van der Waals surface area contributed by atoms with Gasteiger partial charge in [0.25, 0.3) is 5.91 Å². The van der Waals surface area contributed by atoms with Crippen LogP contribution in [0.25, 0.3) is 11.3 Å². The van der Waals surface area contributed by atoms with Gasteiger partial charge in [0, 0.05) is 30.6 Å². The van der Waals surface area contributed by atoms with E-state index in [-0.39, 0.29) is 28.2 Å². The van der Waals surface area contributed by atoms with Gasteiger partial charge >= 0.3 is 6.09 Å². The number of amides is 2. The quantitative estimate of drug-likeness (QED) is 0.690. The largest absolute Gasteiger partial charge is 0.453 e. The molecule has 3 rings (SSSR count). The number of benzene rings is 2. The molecule has 0 unspecified atom stereocenters. The number of rotatable bonds is 4. The smallest absolute Gasteiger partial charge is 0.411 e. The lowest BCUT2D eigenvalue weighted by molar-refractivity contribution is 0.102. The molecule has 2 aromatic carbocycles. The van der Waals surface area contributed by atoms with E-state index >= 15 is 0 Å². The Labute approximate surface area is 163 Å². The summed E-state index contributed by atoms with van der Waals surface area (Å²) in [5.74, 6) is -3.02. The van der Waals surface area contributed by atoms with E-state index in [4.69, 9.17) is 0 Å². The van der Waals surface area contributed by atoms with Crippen molar-refractivity contribution < 1.29 is 27.5 Å². The second kappa shape index (κ2) is 8.05. The van der Waals surface area contributed by atoms with E-state index in [0.717, 1.165) is 19.2 Å². The Kier molecular flexibility index (Phi) is 5.53. The first-order chi connectivity index (χ1) is 13.8. The molecule has 29 heavy (non-hydrogen) atoms. The summed E-state index contributed by atoms with van der Waals surface area (Å²) in [6, 6.07) is 6.45. The minimum absolute atomic E-state index is 0.0116. The molecule has 1 heterocycles. The molecule has 2 amide bonds. The van der Waals surface area contributed by atoms with Crippen LogP contribution in [-0.4, -0.2) is 28.9 Å². The third-order valence-electron chi connectivity index (χ3n) is 3.91. The summed E-state index contributed by atoms with van der Waals surface area (Å²) in [6.45, 7) is 0. The van der Waals surface area contributed by atoms with E-state index in [0.29, 0.717) is 6.07 Å². The fourth-order valence-electron chi connectivity index (χ4n) is 2.59. The van der Waals surface area contributed by atoms with Crippen molar-refractivity contribution >= 4 is 23.4 Å². The molecule has 0 aliphatic rings. The highest BCUT2D eigenvalue weighted by molar-refractivity contribution is 6.08. The summed E-state index contributed by atoms with van der Waals surface area (Å²) in [4.78, 5) is 24.0. The second-order valence-electron chi connectivity index (χ2n) is 5.95. The van der Waals surface area contributed by atoms with E-state index < -0.39 is 29.5 Å². The normalized spacial score (nSPS) is 10.5. The van der Waals surface area contributed by atoms with E-state index in [9.17, 15) is 22.8 Å². The highest BCUT2D eigenvalue weighted by Gasteiger charge is 2.20. The average molecular weight is 404 g/mol. The van der Waals surface area contributed by atoms with Crippen LogP contribution >= 0.6 is 0 Å². The van der Waals surface area contributed by atoms with Crippen LogP contribution in [0.3, 0.4) is 0 Å². The number of aromatic nitrogens is 2. The molecule has 0 radical (unpaired) electrons. The van der Waals surface area contributed by atoms with Crippen molar-refractivity contribution in [3.63, 3.8) is 0 Å². The van der Waals surface area contributed by atoms with Crippen molar-refractivity contribution in [3.8, 4) is 11.3 Å². The number of carbonyl (C=O) groups excluding carboxylic acids is 2. The highest BCUT2D eigenvalue weighted by Crippen LogP contribution is 2.27. The Balaban J connectivity index is 1.91. The van der Waals surface area contributed by atoms with Crippen molar-refractivity contribution in [2.24, 2.45) is 7.05 Å². The maximum Gasteiger partial charge on any atom is 0.411 e. The third-order valence-corrected chi connectivity index (χ3v) is 3.91. The van der Waals surface area contributed by atoms with Crippen LogP contribution < -0.4 is 10.6 Å². The predicted octanol–water partition coefficient (Wildman–Crippen LogP) is 3.94. The van der Waals surface area contributed by atoms with Crippen LogP contribution in [0.1, 0.15) is 10.4 Å². The third kappa shape index (κ3) is 4.37. The number of hydrogen-bond acceptors (Lipinski definition) is 4. The van der Waals surface area contributed by atoms with Gasteiger partial charge in [0.1, 0.15) is 23.1 Å². The Morgan fingerprint density at radius 2 is 1.79 bits per heavy atom. The fraction of sp³-hybridized carbons (Fsp3) is 0.105. The van der Waals surface area contributed by atoms with Crippen LogP contribution in [0.2, 0.25) is 0 Å². The first-order valence-electron chi connectivity index (χ1n) is 8.23. The van der Waals surface area contributed by atoms with Gasteiger partial charge in [-0.25, -0.2) is 18.0 Å². The molecule has 0 aliphatic heterocycles.